The Morgan fingerprint density at radius 3 is 2.45 bits per heavy atom. The molecule has 2 heterocycles. The standard InChI is InChI=1S/C18H25NO3/c20-15-8-18(11-22-15)6-14(7-18)16(21)19-9-17(10-19)4-3-13(5-17)12-1-2-12/h12-14H,1-11H2. The molecule has 2 aliphatic heterocycles. The minimum absolute atomic E-state index is 0.0182. The smallest absolute Gasteiger partial charge is 0.306 e. The van der Waals surface area contributed by atoms with E-state index in [1.54, 1.807) is 0 Å². The number of nitrogens with zero attached hydrogens (tertiary/aromatic N) is 1. The molecule has 2 saturated heterocycles. The lowest BCUT2D eigenvalue weighted by Crippen LogP contribution is -2.60. The number of carbonyl (C=O) groups is 2. The Morgan fingerprint density at radius 1 is 1.05 bits per heavy atom. The van der Waals surface area contributed by atoms with Crippen molar-refractivity contribution in [2.45, 2.75) is 51.4 Å². The summed E-state index contributed by atoms with van der Waals surface area (Å²) in [6.45, 7) is 2.56. The SMILES string of the molecule is O=C1CC2(CO1)CC(C(=O)N1CC3(CCC(C4CC4)C3)C1)C2. The van der Waals surface area contributed by atoms with E-state index in [1.807, 2.05) is 0 Å². The van der Waals surface area contributed by atoms with Gasteiger partial charge >= 0.3 is 5.97 Å². The molecule has 4 heteroatoms. The zero-order chi connectivity index (χ0) is 14.9. The highest BCUT2D eigenvalue weighted by atomic mass is 16.5. The molecule has 5 rings (SSSR count). The molecule has 4 nitrogen and oxygen atoms in total. The van der Waals surface area contributed by atoms with Crippen LogP contribution in [-0.2, 0) is 14.3 Å². The quantitative estimate of drug-likeness (QED) is 0.736. The summed E-state index contributed by atoms with van der Waals surface area (Å²) in [5.74, 6) is 2.42. The first-order chi connectivity index (χ1) is 10.6. The Morgan fingerprint density at radius 2 is 1.82 bits per heavy atom. The zero-order valence-electron chi connectivity index (χ0n) is 13.2. The normalized spacial score (nSPS) is 42.4. The molecule has 22 heavy (non-hydrogen) atoms. The molecule has 3 aliphatic carbocycles. The van der Waals surface area contributed by atoms with Crippen LogP contribution >= 0.6 is 0 Å². The highest BCUT2D eigenvalue weighted by Gasteiger charge is 2.57. The fourth-order valence-corrected chi connectivity index (χ4v) is 5.75. The van der Waals surface area contributed by atoms with Gasteiger partial charge in [-0.1, -0.05) is 0 Å². The molecular weight excluding hydrogens is 278 g/mol. The van der Waals surface area contributed by atoms with Gasteiger partial charge in [-0.25, -0.2) is 0 Å². The summed E-state index contributed by atoms with van der Waals surface area (Å²) >= 11 is 0. The lowest BCUT2D eigenvalue weighted by Gasteiger charge is -2.52. The van der Waals surface area contributed by atoms with Crippen LogP contribution in [0, 0.1) is 28.6 Å². The molecule has 0 bridgehead atoms. The summed E-state index contributed by atoms with van der Waals surface area (Å²) in [5.41, 5.74) is 0.501. The minimum Gasteiger partial charge on any atom is -0.465 e. The van der Waals surface area contributed by atoms with E-state index >= 15 is 0 Å². The van der Waals surface area contributed by atoms with E-state index in [1.165, 1.54) is 32.1 Å². The maximum atomic E-state index is 12.6. The van der Waals surface area contributed by atoms with Crippen molar-refractivity contribution in [1.29, 1.82) is 0 Å². The number of esters is 1. The molecule has 120 valence electrons. The van der Waals surface area contributed by atoms with E-state index < -0.39 is 0 Å². The van der Waals surface area contributed by atoms with Crippen LogP contribution in [0.4, 0.5) is 0 Å². The average molecular weight is 303 g/mol. The van der Waals surface area contributed by atoms with Crippen LogP contribution in [0.5, 0.6) is 0 Å². The van der Waals surface area contributed by atoms with Gasteiger partial charge in [0.2, 0.25) is 5.91 Å². The van der Waals surface area contributed by atoms with Gasteiger partial charge in [-0.05, 0) is 56.8 Å². The lowest BCUT2D eigenvalue weighted by atomic mass is 9.60. The Labute approximate surface area is 131 Å². The number of hydrogen-bond acceptors (Lipinski definition) is 3. The number of amides is 1. The molecule has 0 radical (unpaired) electrons. The van der Waals surface area contributed by atoms with Crippen molar-refractivity contribution < 1.29 is 14.3 Å². The van der Waals surface area contributed by atoms with Crippen molar-refractivity contribution in [1.82, 2.24) is 4.90 Å². The van der Waals surface area contributed by atoms with Crippen molar-refractivity contribution in [3.8, 4) is 0 Å². The number of carbonyl (C=O) groups excluding carboxylic acids is 2. The molecule has 5 fully saturated rings. The van der Waals surface area contributed by atoms with Gasteiger partial charge in [-0.2, -0.15) is 0 Å². The number of rotatable bonds is 2. The first-order valence-electron chi connectivity index (χ1n) is 9.01. The molecule has 3 saturated carbocycles. The monoisotopic (exact) mass is 303 g/mol. The van der Waals surface area contributed by atoms with E-state index in [0.717, 1.165) is 37.8 Å². The Balaban J connectivity index is 1.14. The largest absolute Gasteiger partial charge is 0.465 e. The van der Waals surface area contributed by atoms with E-state index in [9.17, 15) is 9.59 Å². The Bertz CT molecular complexity index is 526. The van der Waals surface area contributed by atoms with Crippen molar-refractivity contribution in [2.75, 3.05) is 19.7 Å². The van der Waals surface area contributed by atoms with Crippen molar-refractivity contribution in [3.63, 3.8) is 0 Å². The van der Waals surface area contributed by atoms with Crippen LogP contribution in [-0.4, -0.2) is 36.5 Å². The molecule has 2 spiro atoms. The van der Waals surface area contributed by atoms with Gasteiger partial charge in [-0.15, -0.1) is 0 Å². The molecule has 5 aliphatic rings. The van der Waals surface area contributed by atoms with E-state index in [-0.39, 0.29) is 17.3 Å². The molecule has 0 aromatic heterocycles. The van der Waals surface area contributed by atoms with Crippen LogP contribution in [0.2, 0.25) is 0 Å². The first-order valence-corrected chi connectivity index (χ1v) is 9.01. The second kappa shape index (κ2) is 4.27. The number of hydrogen-bond donors (Lipinski definition) is 0. The third kappa shape index (κ3) is 1.95. The van der Waals surface area contributed by atoms with Crippen LogP contribution in [0.15, 0.2) is 0 Å². The summed E-state index contributed by atoms with van der Waals surface area (Å²) in [7, 11) is 0. The highest BCUT2D eigenvalue weighted by molar-refractivity contribution is 5.82. The van der Waals surface area contributed by atoms with Gasteiger partial charge in [0.25, 0.3) is 0 Å². The van der Waals surface area contributed by atoms with Gasteiger partial charge < -0.3 is 9.64 Å². The summed E-state index contributed by atoms with van der Waals surface area (Å²) < 4.78 is 5.09. The van der Waals surface area contributed by atoms with Crippen LogP contribution in [0.1, 0.15) is 51.4 Å². The molecule has 1 atom stereocenters. The highest BCUT2D eigenvalue weighted by Crippen LogP contribution is 2.57. The summed E-state index contributed by atoms with van der Waals surface area (Å²) in [6.07, 6.45) is 9.29. The fraction of sp³-hybridized carbons (Fsp3) is 0.889. The number of likely N-dealkylation sites (tertiary alicyclic amines) is 1. The van der Waals surface area contributed by atoms with E-state index in [4.69, 9.17) is 4.74 Å². The van der Waals surface area contributed by atoms with E-state index in [0.29, 0.717) is 24.3 Å². The second-order valence-corrected chi connectivity index (χ2v) is 8.98. The van der Waals surface area contributed by atoms with Crippen molar-refractivity contribution in [3.05, 3.63) is 0 Å². The predicted octanol–water partition coefficient (Wildman–Crippen LogP) is 2.37. The van der Waals surface area contributed by atoms with Crippen LogP contribution < -0.4 is 0 Å². The van der Waals surface area contributed by atoms with Crippen molar-refractivity contribution in [2.24, 2.45) is 28.6 Å². The van der Waals surface area contributed by atoms with Gasteiger partial charge in [0.1, 0.15) is 0 Å². The topological polar surface area (TPSA) is 46.6 Å². The third-order valence-corrected chi connectivity index (χ3v) is 7.16. The first kappa shape index (κ1) is 13.4. The van der Waals surface area contributed by atoms with Crippen molar-refractivity contribution >= 4 is 11.9 Å². The van der Waals surface area contributed by atoms with Gasteiger partial charge in [-0.3, -0.25) is 9.59 Å². The van der Waals surface area contributed by atoms with Gasteiger partial charge in [0.15, 0.2) is 0 Å². The Kier molecular flexibility index (Phi) is 2.60. The summed E-state index contributed by atoms with van der Waals surface area (Å²) in [5, 5.41) is 0. The van der Waals surface area contributed by atoms with Crippen LogP contribution in [0.25, 0.3) is 0 Å². The molecule has 0 aromatic carbocycles. The third-order valence-electron chi connectivity index (χ3n) is 7.16. The maximum Gasteiger partial charge on any atom is 0.306 e. The Hall–Kier alpha value is -1.06. The minimum atomic E-state index is -0.0779. The fourth-order valence-electron chi connectivity index (χ4n) is 5.75. The average Bonchev–Trinajstić information content (AvgIpc) is 3.04. The van der Waals surface area contributed by atoms with Gasteiger partial charge in [0, 0.05) is 29.8 Å². The number of cyclic esters (lactones) is 1. The molecule has 1 unspecified atom stereocenters. The van der Waals surface area contributed by atoms with Gasteiger partial charge in [0.05, 0.1) is 13.0 Å². The molecular formula is C18H25NO3. The second-order valence-electron chi connectivity index (χ2n) is 8.98. The van der Waals surface area contributed by atoms with E-state index in [2.05, 4.69) is 4.90 Å². The molecule has 0 N–H and O–H groups in total. The predicted molar refractivity (Wildman–Crippen MR) is 79.8 cm³/mol. The molecule has 1 amide bonds. The summed E-state index contributed by atoms with van der Waals surface area (Å²) in [6, 6.07) is 0. The lowest BCUT2D eigenvalue weighted by molar-refractivity contribution is -0.156. The summed E-state index contributed by atoms with van der Waals surface area (Å²) in [4.78, 5) is 26.0. The zero-order valence-corrected chi connectivity index (χ0v) is 13.2. The maximum absolute atomic E-state index is 12.6. The number of ether oxygens (including phenoxy) is 1. The molecule has 0 aromatic rings. The van der Waals surface area contributed by atoms with Crippen LogP contribution in [0.3, 0.4) is 0 Å².